The van der Waals surface area contributed by atoms with Gasteiger partial charge in [-0.15, -0.1) is 0 Å². The molecule has 0 spiro atoms. The van der Waals surface area contributed by atoms with Gasteiger partial charge in [-0.05, 0) is 32.1 Å². The summed E-state index contributed by atoms with van der Waals surface area (Å²) >= 11 is 0. The molecule has 0 aliphatic carbocycles. The van der Waals surface area contributed by atoms with Crippen LogP contribution in [0.1, 0.15) is 143 Å². The largest absolute Gasteiger partial charge is 1.00 e. The van der Waals surface area contributed by atoms with Gasteiger partial charge in [-0.1, -0.05) is 97.8 Å². The molecule has 1 rings (SSSR count). The highest BCUT2D eigenvalue weighted by Gasteiger charge is 2.33. The number of nitrogens with one attached hydrogen (secondary N) is 1. The van der Waals surface area contributed by atoms with E-state index in [0.29, 0.717) is 18.7 Å². The van der Waals surface area contributed by atoms with E-state index in [9.17, 15) is 9.59 Å². The van der Waals surface area contributed by atoms with Crippen LogP contribution in [0.5, 0.6) is 0 Å². The van der Waals surface area contributed by atoms with Crippen LogP contribution in [0.3, 0.4) is 0 Å². The molecule has 2 amide bonds. The van der Waals surface area contributed by atoms with Gasteiger partial charge in [-0.3, -0.25) is 14.5 Å². The minimum atomic E-state index is 0. The van der Waals surface area contributed by atoms with E-state index in [1.165, 1.54) is 103 Å². The molecular formula is C30H60ClN3O2. The van der Waals surface area contributed by atoms with Crippen molar-refractivity contribution in [1.29, 1.82) is 0 Å². The Morgan fingerprint density at radius 1 is 0.750 bits per heavy atom. The van der Waals surface area contributed by atoms with E-state index >= 15 is 0 Å². The molecular weight excluding hydrogens is 470 g/mol. The van der Waals surface area contributed by atoms with Gasteiger partial charge in [-0.2, -0.15) is 0 Å². The Balaban J connectivity index is 0.0000122. The van der Waals surface area contributed by atoms with Crippen molar-refractivity contribution in [3.63, 3.8) is 0 Å². The van der Waals surface area contributed by atoms with Gasteiger partial charge < -0.3 is 22.2 Å². The maximum atomic E-state index is 12.5. The summed E-state index contributed by atoms with van der Waals surface area (Å²) in [6, 6.07) is 0. The fourth-order valence-electron chi connectivity index (χ4n) is 5.48. The SMILES string of the molecule is CCCCCCCCCC[N+](CCCCCCCCCC)(CCNC(=O)CC)CN1CCCC1=O.[Cl-]. The molecule has 1 saturated heterocycles. The Bertz CT molecular complexity index is 524. The standard InChI is InChI=1S/C30H59N3O2.ClH/c1-4-7-9-11-13-15-17-19-25-33(27-23-31-29(34)6-3,28-32-24-21-22-30(32)35)26-20-18-16-14-12-10-8-5-2;/h4-28H2,1-3H3;1H. The molecule has 36 heavy (non-hydrogen) atoms. The summed E-state index contributed by atoms with van der Waals surface area (Å²) in [5.41, 5.74) is 0. The first-order chi connectivity index (χ1) is 17.1. The molecule has 0 unspecified atom stereocenters. The Labute approximate surface area is 230 Å². The van der Waals surface area contributed by atoms with E-state index in [1.807, 2.05) is 6.92 Å². The highest BCUT2D eigenvalue weighted by molar-refractivity contribution is 5.77. The number of unbranched alkanes of at least 4 members (excludes halogenated alkanes) is 14. The fourth-order valence-corrected chi connectivity index (χ4v) is 5.48. The summed E-state index contributed by atoms with van der Waals surface area (Å²) in [5, 5.41) is 3.13. The van der Waals surface area contributed by atoms with Crippen molar-refractivity contribution in [2.45, 2.75) is 143 Å². The van der Waals surface area contributed by atoms with Crippen molar-refractivity contribution >= 4 is 11.8 Å². The van der Waals surface area contributed by atoms with E-state index in [4.69, 9.17) is 0 Å². The number of halogens is 1. The second kappa shape index (κ2) is 23.3. The van der Waals surface area contributed by atoms with Crippen LogP contribution in [0.25, 0.3) is 0 Å². The predicted octanol–water partition coefficient (Wildman–Crippen LogP) is 4.19. The summed E-state index contributed by atoms with van der Waals surface area (Å²) in [6.07, 6.45) is 23.5. The average Bonchev–Trinajstić information content (AvgIpc) is 3.26. The van der Waals surface area contributed by atoms with E-state index in [0.717, 1.165) is 50.3 Å². The topological polar surface area (TPSA) is 49.4 Å². The molecule has 0 radical (unpaired) electrons. The van der Waals surface area contributed by atoms with Crippen molar-refractivity contribution in [3.05, 3.63) is 0 Å². The number of carbonyl (C=O) groups is 2. The molecule has 1 N–H and O–H groups in total. The molecule has 1 fully saturated rings. The number of carbonyl (C=O) groups excluding carboxylic acids is 2. The minimum Gasteiger partial charge on any atom is -1.00 e. The van der Waals surface area contributed by atoms with Crippen molar-refractivity contribution < 1.29 is 26.5 Å². The predicted molar refractivity (Wildman–Crippen MR) is 149 cm³/mol. The van der Waals surface area contributed by atoms with Crippen LogP contribution < -0.4 is 17.7 Å². The molecule has 0 aromatic heterocycles. The lowest BCUT2D eigenvalue weighted by Crippen LogP contribution is -3.00. The number of nitrogens with zero attached hydrogens (tertiary/aromatic N) is 2. The molecule has 5 nitrogen and oxygen atoms in total. The van der Waals surface area contributed by atoms with Gasteiger partial charge >= 0.3 is 0 Å². The highest BCUT2D eigenvalue weighted by Crippen LogP contribution is 2.20. The van der Waals surface area contributed by atoms with Crippen LogP contribution in [-0.2, 0) is 9.59 Å². The van der Waals surface area contributed by atoms with Gasteiger partial charge in [-0.25, -0.2) is 0 Å². The summed E-state index contributed by atoms with van der Waals surface area (Å²) in [4.78, 5) is 26.6. The zero-order valence-electron chi connectivity index (χ0n) is 24.3. The molecule has 1 heterocycles. The lowest BCUT2D eigenvalue weighted by atomic mass is 10.1. The summed E-state index contributed by atoms with van der Waals surface area (Å²) in [6.45, 7) is 12.2. The number of hydrogen-bond donors (Lipinski definition) is 1. The zero-order valence-corrected chi connectivity index (χ0v) is 25.0. The Hall–Kier alpha value is -0.810. The monoisotopic (exact) mass is 529 g/mol. The quantitative estimate of drug-likeness (QED) is 0.150. The highest BCUT2D eigenvalue weighted by atomic mass is 35.5. The maximum absolute atomic E-state index is 12.5. The maximum Gasteiger partial charge on any atom is 0.226 e. The molecule has 0 aromatic rings. The zero-order chi connectivity index (χ0) is 25.6. The van der Waals surface area contributed by atoms with E-state index in [2.05, 4.69) is 24.1 Å². The summed E-state index contributed by atoms with van der Waals surface area (Å²) < 4.78 is 0.974. The molecule has 0 bridgehead atoms. The van der Waals surface area contributed by atoms with Crippen molar-refractivity contribution in [1.82, 2.24) is 10.2 Å². The molecule has 0 aromatic carbocycles. The van der Waals surface area contributed by atoms with Crippen LogP contribution in [0.15, 0.2) is 0 Å². The lowest BCUT2D eigenvalue weighted by Gasteiger charge is -2.41. The molecule has 0 atom stereocenters. The summed E-state index contributed by atoms with van der Waals surface area (Å²) in [5.74, 6) is 0.469. The molecule has 1 aliphatic heterocycles. The van der Waals surface area contributed by atoms with Gasteiger partial charge in [0.25, 0.3) is 0 Å². The van der Waals surface area contributed by atoms with Gasteiger partial charge in [0.1, 0.15) is 0 Å². The van der Waals surface area contributed by atoms with Crippen molar-refractivity contribution in [3.8, 4) is 0 Å². The van der Waals surface area contributed by atoms with Crippen LogP contribution in [0.2, 0.25) is 0 Å². The summed E-state index contributed by atoms with van der Waals surface area (Å²) in [7, 11) is 0. The smallest absolute Gasteiger partial charge is 0.226 e. The number of rotatable bonds is 24. The third kappa shape index (κ3) is 16.8. The third-order valence-electron chi connectivity index (χ3n) is 7.84. The van der Waals surface area contributed by atoms with Crippen LogP contribution >= 0.6 is 0 Å². The number of likely N-dealkylation sites (tertiary alicyclic amines) is 1. The van der Waals surface area contributed by atoms with Gasteiger partial charge in [0.05, 0.1) is 26.2 Å². The first kappa shape index (κ1) is 35.2. The van der Waals surface area contributed by atoms with Gasteiger partial charge in [0.15, 0.2) is 6.67 Å². The van der Waals surface area contributed by atoms with Crippen LogP contribution in [0, 0.1) is 0 Å². The minimum absolute atomic E-state index is 0. The normalized spacial score (nSPS) is 13.8. The van der Waals surface area contributed by atoms with E-state index in [1.54, 1.807) is 0 Å². The first-order valence-electron chi connectivity index (χ1n) is 15.5. The number of quaternary nitrogens is 1. The Morgan fingerprint density at radius 3 is 1.64 bits per heavy atom. The van der Waals surface area contributed by atoms with Crippen LogP contribution in [-0.4, -0.2) is 60.6 Å². The molecule has 6 heteroatoms. The molecule has 214 valence electrons. The molecule has 0 saturated carbocycles. The second-order valence-corrected chi connectivity index (χ2v) is 11.1. The number of hydrogen-bond acceptors (Lipinski definition) is 2. The van der Waals surface area contributed by atoms with Gasteiger partial charge in [0.2, 0.25) is 11.8 Å². The average molecular weight is 530 g/mol. The Morgan fingerprint density at radius 2 is 1.22 bits per heavy atom. The van der Waals surface area contributed by atoms with E-state index in [-0.39, 0.29) is 18.3 Å². The van der Waals surface area contributed by atoms with E-state index < -0.39 is 0 Å². The number of amides is 2. The first-order valence-corrected chi connectivity index (χ1v) is 15.5. The Kier molecular flexibility index (Phi) is 22.8. The van der Waals surface area contributed by atoms with Crippen LogP contribution in [0.4, 0.5) is 0 Å². The second-order valence-electron chi connectivity index (χ2n) is 11.1. The van der Waals surface area contributed by atoms with Gasteiger partial charge in [0, 0.05) is 19.4 Å². The lowest BCUT2D eigenvalue weighted by molar-refractivity contribution is -0.935. The third-order valence-corrected chi connectivity index (χ3v) is 7.84. The fraction of sp³-hybridized carbons (Fsp3) is 0.933. The van der Waals surface area contributed by atoms with Crippen molar-refractivity contribution in [2.24, 2.45) is 0 Å². The van der Waals surface area contributed by atoms with Crippen molar-refractivity contribution in [2.75, 3.05) is 39.4 Å². The molecule has 1 aliphatic rings.